The molecule has 0 bridgehead atoms. The van der Waals surface area contributed by atoms with Gasteiger partial charge < -0.3 is 8.92 Å². The second kappa shape index (κ2) is 8.67. The Morgan fingerprint density at radius 3 is 1.62 bits per heavy atom. The molecule has 0 aliphatic carbocycles. The van der Waals surface area contributed by atoms with Gasteiger partial charge in [0.25, 0.3) is 0 Å². The topological polar surface area (TPSA) is 69.7 Å². The number of rotatable bonds is 6. The highest BCUT2D eigenvalue weighted by Gasteiger charge is 2.49. The third-order valence-electron chi connectivity index (χ3n) is 4.82. The zero-order valence-electron chi connectivity index (χ0n) is 19.0. The van der Waals surface area contributed by atoms with Crippen molar-refractivity contribution in [1.29, 1.82) is 0 Å². The van der Waals surface area contributed by atoms with Crippen LogP contribution in [0.2, 0.25) is 39.3 Å². The fourth-order valence-corrected chi connectivity index (χ4v) is 6.75. The Morgan fingerprint density at radius 1 is 0.844 bits per heavy atom. The molecule has 0 fully saturated rings. The maximum absolute atomic E-state index is 13.1. The van der Waals surface area contributed by atoms with Gasteiger partial charge in [0.05, 0.1) is 28.8 Å². The van der Waals surface area contributed by atoms with Gasteiger partial charge in [-0.15, -0.1) is 0 Å². The maximum Gasteiger partial charge on any atom is 0.534 e. The van der Waals surface area contributed by atoms with E-state index in [2.05, 4.69) is 0 Å². The summed E-state index contributed by atoms with van der Waals surface area (Å²) in [4.78, 5) is 11.7. The van der Waals surface area contributed by atoms with E-state index in [-0.39, 0.29) is 5.75 Å². The summed E-state index contributed by atoms with van der Waals surface area (Å²) < 4.78 is 72.7. The minimum Gasteiger partial charge on any atom is -0.465 e. The molecule has 176 valence electrons. The molecule has 0 spiro atoms. The van der Waals surface area contributed by atoms with Crippen LogP contribution in [0, 0.1) is 0 Å². The minimum atomic E-state index is -5.82. The van der Waals surface area contributed by atoms with Crippen LogP contribution < -0.4 is 14.6 Å². The van der Waals surface area contributed by atoms with Crippen molar-refractivity contribution in [1.82, 2.24) is 0 Å². The van der Waals surface area contributed by atoms with Crippen LogP contribution in [0.4, 0.5) is 13.2 Å². The molecule has 2 rings (SSSR count). The van der Waals surface area contributed by atoms with Crippen molar-refractivity contribution >= 4 is 42.6 Å². The predicted octanol–water partition coefficient (Wildman–Crippen LogP) is 4.46. The van der Waals surface area contributed by atoms with Crippen LogP contribution in [-0.2, 0) is 14.9 Å². The van der Waals surface area contributed by atoms with Gasteiger partial charge >= 0.3 is 21.6 Å². The number of benzene rings is 2. The molecule has 0 heterocycles. The number of alkyl halides is 3. The fraction of sp³-hybridized carbons (Fsp3) is 0.381. The second-order valence-electron chi connectivity index (χ2n) is 9.45. The number of hydrogen-bond donors (Lipinski definition) is 0. The Morgan fingerprint density at radius 2 is 1.28 bits per heavy atom. The normalized spacial score (nSPS) is 13.1. The van der Waals surface area contributed by atoms with E-state index < -0.39 is 37.7 Å². The van der Waals surface area contributed by atoms with Crippen LogP contribution in [-0.4, -0.2) is 43.2 Å². The van der Waals surface area contributed by atoms with Gasteiger partial charge in [0.15, 0.2) is 0 Å². The van der Waals surface area contributed by atoms with Crippen molar-refractivity contribution in [3.05, 3.63) is 42.0 Å². The summed E-state index contributed by atoms with van der Waals surface area (Å²) >= 11 is 0. The Bertz CT molecular complexity index is 1080. The standard InChI is InChI=1S/C21H27F3O5SSi2/c1-28-20(25)15-10-8-14(9-11-15)16-12-17(31(2,3)4)19(18(13-16)32(5,6)7)29-30(26,27)21(22,23)24/h8-13H,1-7H3. The van der Waals surface area contributed by atoms with E-state index in [4.69, 9.17) is 8.92 Å². The number of carbonyl (C=O) groups excluding carboxylic acids is 1. The highest BCUT2D eigenvalue weighted by atomic mass is 32.2. The van der Waals surface area contributed by atoms with E-state index in [1.54, 1.807) is 36.4 Å². The van der Waals surface area contributed by atoms with E-state index in [1.165, 1.54) is 7.11 Å². The molecule has 0 unspecified atom stereocenters. The van der Waals surface area contributed by atoms with Gasteiger partial charge in [-0.25, -0.2) is 4.79 Å². The molecule has 0 saturated heterocycles. The molecule has 0 N–H and O–H groups in total. The molecule has 32 heavy (non-hydrogen) atoms. The number of halogens is 3. The van der Waals surface area contributed by atoms with Crippen LogP contribution in [0.5, 0.6) is 5.75 Å². The van der Waals surface area contributed by atoms with E-state index in [0.29, 0.717) is 21.5 Å². The summed E-state index contributed by atoms with van der Waals surface area (Å²) in [7, 11) is -9.25. The molecule has 2 aromatic rings. The lowest BCUT2D eigenvalue weighted by molar-refractivity contribution is -0.0499. The monoisotopic (exact) mass is 504 g/mol. The van der Waals surface area contributed by atoms with Crippen molar-refractivity contribution in [2.24, 2.45) is 0 Å². The van der Waals surface area contributed by atoms with Gasteiger partial charge in [-0.05, 0) is 33.6 Å². The number of esters is 1. The first-order valence-electron chi connectivity index (χ1n) is 9.77. The van der Waals surface area contributed by atoms with Gasteiger partial charge in [-0.1, -0.05) is 63.5 Å². The van der Waals surface area contributed by atoms with Gasteiger partial charge in [-0.2, -0.15) is 21.6 Å². The maximum atomic E-state index is 13.1. The lowest BCUT2D eigenvalue weighted by Crippen LogP contribution is -2.48. The zero-order chi connectivity index (χ0) is 24.7. The Kier molecular flexibility index (Phi) is 7.08. The summed E-state index contributed by atoms with van der Waals surface area (Å²) in [6.45, 7) is 11.5. The molecule has 0 aliphatic rings. The first-order valence-corrected chi connectivity index (χ1v) is 18.2. The zero-order valence-corrected chi connectivity index (χ0v) is 21.9. The average Bonchev–Trinajstić information content (AvgIpc) is 2.64. The Hall–Kier alpha value is -2.12. The molecule has 0 amide bonds. The quantitative estimate of drug-likeness (QED) is 0.251. The van der Waals surface area contributed by atoms with Gasteiger partial charge in [-0.3, -0.25) is 0 Å². The van der Waals surface area contributed by atoms with Gasteiger partial charge in [0, 0.05) is 0 Å². The van der Waals surface area contributed by atoms with Crippen LogP contribution in [0.15, 0.2) is 36.4 Å². The van der Waals surface area contributed by atoms with E-state index in [0.717, 1.165) is 5.56 Å². The van der Waals surface area contributed by atoms with E-state index in [9.17, 15) is 26.4 Å². The van der Waals surface area contributed by atoms with Crippen molar-refractivity contribution in [2.45, 2.75) is 44.8 Å². The van der Waals surface area contributed by atoms with Crippen molar-refractivity contribution in [2.75, 3.05) is 7.11 Å². The summed E-state index contributed by atoms with van der Waals surface area (Å²) in [5.41, 5.74) is -3.71. The molecule has 0 atom stereocenters. The number of hydrogen-bond acceptors (Lipinski definition) is 5. The SMILES string of the molecule is COC(=O)c1ccc(-c2cc([Si](C)(C)C)c(OS(=O)(=O)C(F)(F)F)c([Si](C)(C)C)c2)cc1. The van der Waals surface area contributed by atoms with Crippen LogP contribution in [0.1, 0.15) is 10.4 Å². The molecule has 0 saturated carbocycles. The molecule has 0 aromatic heterocycles. The fourth-order valence-electron chi connectivity index (χ4n) is 3.07. The molecular weight excluding hydrogens is 477 g/mol. The summed E-state index contributed by atoms with van der Waals surface area (Å²) in [6.07, 6.45) is 0. The molecule has 5 nitrogen and oxygen atoms in total. The summed E-state index contributed by atoms with van der Waals surface area (Å²) in [5.74, 6) is -0.682. The second-order valence-corrected chi connectivity index (χ2v) is 21.1. The third-order valence-corrected chi connectivity index (χ3v) is 9.75. The van der Waals surface area contributed by atoms with Crippen LogP contribution in [0.3, 0.4) is 0 Å². The lowest BCUT2D eigenvalue weighted by atomic mass is 10.0. The largest absolute Gasteiger partial charge is 0.534 e. The lowest BCUT2D eigenvalue weighted by Gasteiger charge is -2.29. The molecule has 0 radical (unpaired) electrons. The number of ether oxygens (including phenoxy) is 1. The molecule has 0 aliphatic heterocycles. The van der Waals surface area contributed by atoms with Crippen LogP contribution in [0.25, 0.3) is 11.1 Å². The first-order chi connectivity index (χ1) is 14.4. The van der Waals surface area contributed by atoms with Crippen molar-refractivity contribution in [3.63, 3.8) is 0 Å². The first kappa shape index (κ1) is 26.1. The van der Waals surface area contributed by atoms with E-state index in [1.807, 2.05) is 39.3 Å². The van der Waals surface area contributed by atoms with Crippen molar-refractivity contribution in [3.8, 4) is 16.9 Å². The van der Waals surface area contributed by atoms with Crippen LogP contribution >= 0.6 is 0 Å². The highest BCUT2D eigenvalue weighted by molar-refractivity contribution is 7.88. The van der Waals surface area contributed by atoms with Gasteiger partial charge in [0.2, 0.25) is 0 Å². The Balaban J connectivity index is 2.80. The van der Waals surface area contributed by atoms with E-state index >= 15 is 0 Å². The Labute approximate surface area is 188 Å². The molecular formula is C21H27F3O5SSi2. The smallest absolute Gasteiger partial charge is 0.465 e. The van der Waals surface area contributed by atoms with Crippen molar-refractivity contribution < 1.29 is 35.3 Å². The highest BCUT2D eigenvalue weighted by Crippen LogP contribution is 2.30. The number of methoxy groups -OCH3 is 1. The molecule has 2 aromatic carbocycles. The molecule has 11 heteroatoms. The number of carbonyl (C=O) groups is 1. The average molecular weight is 505 g/mol. The van der Waals surface area contributed by atoms with Gasteiger partial charge in [0.1, 0.15) is 5.75 Å². The minimum absolute atomic E-state index is 0.199. The predicted molar refractivity (Wildman–Crippen MR) is 125 cm³/mol. The summed E-state index contributed by atoms with van der Waals surface area (Å²) in [6, 6.07) is 10.0. The third kappa shape index (κ3) is 5.62. The summed E-state index contributed by atoms with van der Waals surface area (Å²) in [5, 5.41) is 0.967.